The Kier molecular flexibility index (Phi) is 6.56. The summed E-state index contributed by atoms with van der Waals surface area (Å²) < 4.78 is 6.91. The first-order chi connectivity index (χ1) is 14.7. The SMILES string of the molecule is COCCCNC(=O)[C@@H]1Sc2nnc(-c3ccccc3)n2N[C@H]1c1ccc(Cl)cc1. The maximum Gasteiger partial charge on any atom is 0.236 e. The molecule has 0 spiro atoms. The predicted molar refractivity (Wildman–Crippen MR) is 118 cm³/mol. The average molecular weight is 444 g/mol. The van der Waals surface area contributed by atoms with Crippen LogP contribution in [0.1, 0.15) is 18.0 Å². The maximum absolute atomic E-state index is 13.0. The number of methoxy groups -OCH3 is 1. The van der Waals surface area contributed by atoms with Crippen molar-refractivity contribution < 1.29 is 9.53 Å². The Bertz CT molecular complexity index is 996. The van der Waals surface area contributed by atoms with Crippen LogP contribution in [0, 0.1) is 0 Å². The van der Waals surface area contributed by atoms with E-state index in [1.807, 2.05) is 59.3 Å². The van der Waals surface area contributed by atoms with Crippen molar-refractivity contribution in [3.8, 4) is 11.4 Å². The molecule has 1 amide bonds. The molecule has 2 N–H and O–H groups in total. The average Bonchev–Trinajstić information content (AvgIpc) is 3.20. The molecule has 1 aromatic heterocycles. The van der Waals surface area contributed by atoms with E-state index >= 15 is 0 Å². The summed E-state index contributed by atoms with van der Waals surface area (Å²) in [4.78, 5) is 13.0. The molecule has 7 nitrogen and oxygen atoms in total. The molecule has 0 aliphatic carbocycles. The number of carbonyl (C=O) groups excluding carboxylic acids is 1. The van der Waals surface area contributed by atoms with Gasteiger partial charge in [-0.25, -0.2) is 4.68 Å². The Labute approximate surface area is 184 Å². The third-order valence-electron chi connectivity index (χ3n) is 4.78. The van der Waals surface area contributed by atoms with Crippen LogP contribution in [-0.4, -0.2) is 46.3 Å². The van der Waals surface area contributed by atoms with Crippen LogP contribution >= 0.6 is 23.4 Å². The summed E-state index contributed by atoms with van der Waals surface area (Å²) in [7, 11) is 1.65. The Morgan fingerprint density at radius 2 is 1.97 bits per heavy atom. The van der Waals surface area contributed by atoms with E-state index in [0.29, 0.717) is 29.2 Å². The monoisotopic (exact) mass is 443 g/mol. The Balaban J connectivity index is 1.64. The van der Waals surface area contributed by atoms with E-state index in [2.05, 4.69) is 20.9 Å². The number of halogens is 1. The quantitative estimate of drug-likeness (QED) is 0.544. The van der Waals surface area contributed by atoms with Crippen molar-refractivity contribution >= 4 is 29.3 Å². The van der Waals surface area contributed by atoms with E-state index in [1.165, 1.54) is 11.8 Å². The highest BCUT2D eigenvalue weighted by atomic mass is 35.5. The van der Waals surface area contributed by atoms with Gasteiger partial charge in [0.2, 0.25) is 11.1 Å². The fourth-order valence-electron chi connectivity index (χ4n) is 3.28. The van der Waals surface area contributed by atoms with Gasteiger partial charge >= 0.3 is 0 Å². The number of amides is 1. The number of hydrogen-bond donors (Lipinski definition) is 2. The normalized spacial score (nSPS) is 17.8. The van der Waals surface area contributed by atoms with E-state index in [-0.39, 0.29) is 11.9 Å². The molecule has 156 valence electrons. The number of ether oxygens (including phenoxy) is 1. The smallest absolute Gasteiger partial charge is 0.236 e. The zero-order chi connectivity index (χ0) is 20.9. The largest absolute Gasteiger partial charge is 0.385 e. The van der Waals surface area contributed by atoms with Crippen molar-refractivity contribution in [2.45, 2.75) is 22.9 Å². The fourth-order valence-corrected chi connectivity index (χ4v) is 4.51. The van der Waals surface area contributed by atoms with Gasteiger partial charge in [0.25, 0.3) is 0 Å². The molecule has 0 bridgehead atoms. The third-order valence-corrected chi connectivity index (χ3v) is 6.25. The van der Waals surface area contributed by atoms with E-state index in [0.717, 1.165) is 17.5 Å². The van der Waals surface area contributed by atoms with Crippen LogP contribution in [0.15, 0.2) is 59.8 Å². The van der Waals surface area contributed by atoms with Gasteiger partial charge in [-0.1, -0.05) is 65.8 Å². The summed E-state index contributed by atoms with van der Waals surface area (Å²) >= 11 is 7.48. The van der Waals surface area contributed by atoms with Crippen molar-refractivity contribution in [1.82, 2.24) is 20.2 Å². The van der Waals surface area contributed by atoms with Gasteiger partial charge in [-0.15, -0.1) is 10.2 Å². The second-order valence-corrected chi connectivity index (χ2v) is 8.39. The second-order valence-electron chi connectivity index (χ2n) is 6.84. The molecule has 4 rings (SSSR count). The molecule has 3 aromatic rings. The van der Waals surface area contributed by atoms with Gasteiger partial charge in [0.15, 0.2) is 5.82 Å². The highest BCUT2D eigenvalue weighted by molar-refractivity contribution is 8.00. The number of rotatable bonds is 7. The van der Waals surface area contributed by atoms with Gasteiger partial charge in [-0.05, 0) is 24.1 Å². The van der Waals surface area contributed by atoms with Crippen molar-refractivity contribution in [2.75, 3.05) is 25.7 Å². The molecule has 9 heteroatoms. The third kappa shape index (κ3) is 4.45. The van der Waals surface area contributed by atoms with Crippen LogP contribution in [-0.2, 0) is 9.53 Å². The highest BCUT2D eigenvalue weighted by Crippen LogP contribution is 2.38. The van der Waals surface area contributed by atoms with Crippen LogP contribution in [0.5, 0.6) is 0 Å². The number of benzene rings is 2. The van der Waals surface area contributed by atoms with Gasteiger partial charge in [-0.2, -0.15) is 0 Å². The molecule has 1 aliphatic heterocycles. The summed E-state index contributed by atoms with van der Waals surface area (Å²) in [6.07, 6.45) is 0.757. The summed E-state index contributed by atoms with van der Waals surface area (Å²) in [5.74, 6) is 0.648. The Hall–Kier alpha value is -2.55. The molecule has 0 fully saturated rings. The lowest BCUT2D eigenvalue weighted by molar-refractivity contribution is -0.121. The van der Waals surface area contributed by atoms with Crippen molar-refractivity contribution in [3.05, 3.63) is 65.2 Å². The lowest BCUT2D eigenvalue weighted by Crippen LogP contribution is -2.44. The standard InChI is InChI=1S/C21H22ClN5O2S/c1-29-13-5-12-23-20(28)18-17(14-8-10-16(22)11-9-14)26-27-19(24-25-21(27)30-18)15-6-3-2-4-7-15/h2-4,6-11,17-18,26H,5,12-13H2,1H3,(H,23,28)/t17-,18+/m0/s1. The number of thioether (sulfide) groups is 1. The Morgan fingerprint density at radius 3 is 2.70 bits per heavy atom. The van der Waals surface area contributed by atoms with Crippen molar-refractivity contribution in [3.63, 3.8) is 0 Å². The molecular formula is C21H22ClN5O2S. The summed E-state index contributed by atoms with van der Waals surface area (Å²) in [6, 6.07) is 17.1. The molecule has 30 heavy (non-hydrogen) atoms. The highest BCUT2D eigenvalue weighted by Gasteiger charge is 2.37. The van der Waals surface area contributed by atoms with Crippen LogP contribution in [0.25, 0.3) is 11.4 Å². The molecule has 0 radical (unpaired) electrons. The number of aromatic nitrogens is 3. The van der Waals surface area contributed by atoms with Crippen LogP contribution in [0.3, 0.4) is 0 Å². The summed E-state index contributed by atoms with van der Waals surface area (Å²) in [5, 5.41) is 12.6. The maximum atomic E-state index is 13.0. The van der Waals surface area contributed by atoms with Gasteiger partial charge in [0, 0.05) is 30.8 Å². The van der Waals surface area contributed by atoms with Gasteiger partial charge in [0.05, 0.1) is 6.04 Å². The zero-order valence-electron chi connectivity index (χ0n) is 16.4. The second kappa shape index (κ2) is 9.51. The minimum absolute atomic E-state index is 0.0564. The Morgan fingerprint density at radius 1 is 1.20 bits per heavy atom. The lowest BCUT2D eigenvalue weighted by atomic mass is 10.0. The summed E-state index contributed by atoms with van der Waals surface area (Å²) in [6.45, 7) is 1.16. The van der Waals surface area contributed by atoms with Gasteiger partial charge in [0.1, 0.15) is 5.25 Å². The topological polar surface area (TPSA) is 81.1 Å². The molecule has 0 unspecified atom stereocenters. The minimum atomic E-state index is -0.408. The fraction of sp³-hybridized carbons (Fsp3) is 0.286. The lowest BCUT2D eigenvalue weighted by Gasteiger charge is -2.33. The number of nitrogens with zero attached hydrogens (tertiary/aromatic N) is 3. The van der Waals surface area contributed by atoms with E-state index < -0.39 is 5.25 Å². The first-order valence-corrected chi connectivity index (χ1v) is 10.9. The number of nitrogens with one attached hydrogen (secondary N) is 2. The molecule has 1 aliphatic rings. The number of hydrogen-bond acceptors (Lipinski definition) is 6. The molecule has 2 heterocycles. The molecule has 0 saturated heterocycles. The van der Waals surface area contributed by atoms with Crippen molar-refractivity contribution in [2.24, 2.45) is 0 Å². The van der Waals surface area contributed by atoms with E-state index in [4.69, 9.17) is 16.3 Å². The molecule has 2 aromatic carbocycles. The first kappa shape index (κ1) is 20.7. The molecular weight excluding hydrogens is 422 g/mol. The van der Waals surface area contributed by atoms with Crippen LogP contribution in [0.2, 0.25) is 5.02 Å². The minimum Gasteiger partial charge on any atom is -0.385 e. The van der Waals surface area contributed by atoms with Gasteiger partial charge < -0.3 is 15.5 Å². The summed E-state index contributed by atoms with van der Waals surface area (Å²) in [5.41, 5.74) is 5.36. The molecule has 2 atom stereocenters. The van der Waals surface area contributed by atoms with E-state index in [1.54, 1.807) is 7.11 Å². The van der Waals surface area contributed by atoms with Crippen LogP contribution in [0.4, 0.5) is 0 Å². The number of fused-ring (bicyclic) bond motifs is 1. The molecule has 0 saturated carbocycles. The predicted octanol–water partition coefficient (Wildman–Crippen LogP) is 3.51. The first-order valence-electron chi connectivity index (χ1n) is 9.63. The van der Waals surface area contributed by atoms with Gasteiger partial charge in [-0.3, -0.25) is 4.79 Å². The zero-order valence-corrected chi connectivity index (χ0v) is 18.0. The van der Waals surface area contributed by atoms with Crippen molar-refractivity contribution in [1.29, 1.82) is 0 Å². The van der Waals surface area contributed by atoms with Crippen LogP contribution < -0.4 is 10.7 Å². The van der Waals surface area contributed by atoms with E-state index in [9.17, 15) is 4.79 Å². The number of carbonyl (C=O) groups is 1.